The summed E-state index contributed by atoms with van der Waals surface area (Å²) in [5.41, 5.74) is 3.72. The number of aromatic nitrogens is 1. The number of benzene rings is 2. The van der Waals surface area contributed by atoms with Gasteiger partial charge in [0.2, 0.25) is 15.9 Å². The van der Waals surface area contributed by atoms with Gasteiger partial charge in [0.25, 0.3) is 0 Å². The van der Waals surface area contributed by atoms with Crippen LogP contribution in [-0.2, 0) is 26.7 Å². The Bertz CT molecular complexity index is 1140. The van der Waals surface area contributed by atoms with Crippen molar-refractivity contribution in [2.75, 3.05) is 6.54 Å². The fourth-order valence-electron chi connectivity index (χ4n) is 3.94. The highest BCUT2D eigenvalue weighted by Gasteiger charge is 2.53. The number of fused-ring (bicyclic) bond motifs is 1. The van der Waals surface area contributed by atoms with Gasteiger partial charge >= 0.3 is 0 Å². The van der Waals surface area contributed by atoms with Crippen molar-refractivity contribution in [1.82, 2.24) is 10.3 Å². The molecule has 3 aromatic rings. The maximum Gasteiger partial charge on any atom is 0.238 e. The number of hydrogen-bond acceptors (Lipinski definition) is 3. The predicted molar refractivity (Wildman–Crippen MR) is 108 cm³/mol. The van der Waals surface area contributed by atoms with E-state index in [4.69, 9.17) is 5.14 Å². The minimum Gasteiger partial charge on any atom is -0.358 e. The Morgan fingerprint density at radius 1 is 1.14 bits per heavy atom. The summed E-state index contributed by atoms with van der Waals surface area (Å²) < 4.78 is 22.6. The lowest BCUT2D eigenvalue weighted by atomic mass is 9.92. The van der Waals surface area contributed by atoms with E-state index in [2.05, 4.69) is 16.4 Å². The van der Waals surface area contributed by atoms with Gasteiger partial charge in [0.15, 0.2) is 0 Å². The Hall–Kier alpha value is -2.64. The fraction of sp³-hybridized carbons (Fsp3) is 0.286. The number of nitrogens with one attached hydrogen (secondary N) is 2. The average Bonchev–Trinajstić information content (AvgIpc) is 3.38. The van der Waals surface area contributed by atoms with Crippen molar-refractivity contribution < 1.29 is 13.2 Å². The fourth-order valence-corrected chi connectivity index (χ4v) is 4.46. The maximum absolute atomic E-state index is 13.0. The summed E-state index contributed by atoms with van der Waals surface area (Å²) in [4.78, 5) is 16.5. The van der Waals surface area contributed by atoms with Crippen LogP contribution in [0, 0.1) is 6.92 Å². The number of carbonyl (C=O) groups is 1. The van der Waals surface area contributed by atoms with Crippen molar-refractivity contribution in [2.24, 2.45) is 5.14 Å². The van der Waals surface area contributed by atoms with E-state index in [1.165, 1.54) is 12.1 Å². The number of rotatable bonds is 6. The topological polar surface area (TPSA) is 105 Å². The highest BCUT2D eigenvalue weighted by atomic mass is 32.2. The molecule has 1 amide bonds. The first-order chi connectivity index (χ1) is 13.3. The Labute approximate surface area is 164 Å². The van der Waals surface area contributed by atoms with Gasteiger partial charge in [-0.1, -0.05) is 30.3 Å². The molecule has 4 N–H and O–H groups in total. The molecule has 0 spiro atoms. The molecular weight excluding hydrogens is 374 g/mol. The lowest BCUT2D eigenvalue weighted by Crippen LogP contribution is -2.36. The summed E-state index contributed by atoms with van der Waals surface area (Å²) in [6, 6.07) is 14.5. The molecule has 0 saturated heterocycles. The highest BCUT2D eigenvalue weighted by Crippen LogP contribution is 2.51. The minimum absolute atomic E-state index is 0.0570. The van der Waals surface area contributed by atoms with Crippen molar-refractivity contribution in [3.63, 3.8) is 0 Å². The van der Waals surface area contributed by atoms with E-state index in [0.29, 0.717) is 13.0 Å². The molecule has 0 atom stereocenters. The summed E-state index contributed by atoms with van der Waals surface area (Å²) in [5, 5.41) is 9.29. The number of sulfonamides is 1. The van der Waals surface area contributed by atoms with Crippen LogP contribution in [0.5, 0.6) is 0 Å². The number of aryl methyl sites for hydroxylation is 1. The van der Waals surface area contributed by atoms with Crippen molar-refractivity contribution >= 4 is 26.8 Å². The van der Waals surface area contributed by atoms with Crippen LogP contribution in [0.2, 0.25) is 0 Å². The van der Waals surface area contributed by atoms with Gasteiger partial charge in [0.1, 0.15) is 0 Å². The molecule has 1 fully saturated rings. The van der Waals surface area contributed by atoms with Gasteiger partial charge in [-0.25, -0.2) is 13.6 Å². The molecular formula is C21H23N3O3S. The molecule has 0 radical (unpaired) electrons. The SMILES string of the molecule is Cc1[nH]c2ccccc2c1C1(C(=O)NCCc2ccc(S(N)(=O)=O)cc2)CC1. The number of primary sulfonamides is 1. The van der Waals surface area contributed by atoms with Crippen LogP contribution in [0.15, 0.2) is 53.4 Å². The van der Waals surface area contributed by atoms with Crippen LogP contribution in [0.25, 0.3) is 10.9 Å². The van der Waals surface area contributed by atoms with E-state index in [0.717, 1.165) is 40.6 Å². The van der Waals surface area contributed by atoms with Gasteiger partial charge in [-0.05, 0) is 55.5 Å². The molecule has 4 rings (SSSR count). The third-order valence-electron chi connectivity index (χ3n) is 5.51. The van der Waals surface area contributed by atoms with E-state index in [1.54, 1.807) is 12.1 Å². The first kappa shape index (κ1) is 18.7. The third-order valence-corrected chi connectivity index (χ3v) is 6.44. The second-order valence-electron chi connectivity index (χ2n) is 7.45. The van der Waals surface area contributed by atoms with Crippen LogP contribution in [0.1, 0.15) is 29.7 Å². The average molecular weight is 398 g/mol. The molecule has 146 valence electrons. The zero-order valence-corrected chi connectivity index (χ0v) is 16.5. The number of H-pyrrole nitrogens is 1. The van der Waals surface area contributed by atoms with Crippen LogP contribution in [0.3, 0.4) is 0 Å². The smallest absolute Gasteiger partial charge is 0.238 e. The Morgan fingerprint density at radius 3 is 2.46 bits per heavy atom. The predicted octanol–water partition coefficient (Wildman–Crippen LogP) is 2.51. The second kappa shape index (κ2) is 6.76. The number of para-hydroxylation sites is 1. The van der Waals surface area contributed by atoms with Gasteiger partial charge in [0.05, 0.1) is 10.3 Å². The van der Waals surface area contributed by atoms with Crippen molar-refractivity contribution in [3.05, 3.63) is 65.4 Å². The number of carbonyl (C=O) groups excluding carboxylic acids is 1. The molecule has 1 aliphatic rings. The number of hydrogen-bond donors (Lipinski definition) is 3. The summed E-state index contributed by atoms with van der Waals surface area (Å²) in [5.74, 6) is 0.0570. The zero-order valence-electron chi connectivity index (χ0n) is 15.7. The van der Waals surface area contributed by atoms with Gasteiger partial charge in [-0.15, -0.1) is 0 Å². The van der Waals surface area contributed by atoms with Crippen LogP contribution >= 0.6 is 0 Å². The lowest BCUT2D eigenvalue weighted by Gasteiger charge is -2.16. The third kappa shape index (κ3) is 3.31. The van der Waals surface area contributed by atoms with E-state index >= 15 is 0 Å². The molecule has 1 aromatic heterocycles. The summed E-state index contributed by atoms with van der Waals surface area (Å²) in [6.07, 6.45) is 2.33. The van der Waals surface area contributed by atoms with Gasteiger partial charge in [-0.3, -0.25) is 4.79 Å². The van der Waals surface area contributed by atoms with Gasteiger partial charge < -0.3 is 10.3 Å². The number of aromatic amines is 1. The molecule has 2 aromatic carbocycles. The Kier molecular flexibility index (Phi) is 4.51. The monoisotopic (exact) mass is 397 g/mol. The minimum atomic E-state index is -3.68. The largest absolute Gasteiger partial charge is 0.358 e. The van der Waals surface area contributed by atoms with Crippen LogP contribution < -0.4 is 10.5 Å². The molecule has 1 saturated carbocycles. The quantitative estimate of drug-likeness (QED) is 0.595. The van der Waals surface area contributed by atoms with Crippen LogP contribution in [-0.4, -0.2) is 25.9 Å². The van der Waals surface area contributed by atoms with E-state index in [-0.39, 0.29) is 10.8 Å². The van der Waals surface area contributed by atoms with Crippen molar-refractivity contribution in [1.29, 1.82) is 0 Å². The molecule has 0 unspecified atom stereocenters. The molecule has 1 aliphatic carbocycles. The number of amides is 1. The van der Waals surface area contributed by atoms with E-state index in [1.807, 2.05) is 25.1 Å². The summed E-state index contributed by atoms with van der Waals surface area (Å²) in [7, 11) is -3.68. The molecule has 6 nitrogen and oxygen atoms in total. The molecule has 1 heterocycles. The second-order valence-corrected chi connectivity index (χ2v) is 9.01. The van der Waals surface area contributed by atoms with Crippen molar-refractivity contribution in [3.8, 4) is 0 Å². The van der Waals surface area contributed by atoms with Gasteiger partial charge in [0, 0.05) is 23.1 Å². The normalized spacial score (nSPS) is 15.5. The molecule has 28 heavy (non-hydrogen) atoms. The van der Waals surface area contributed by atoms with Crippen molar-refractivity contribution in [2.45, 2.75) is 36.5 Å². The first-order valence-electron chi connectivity index (χ1n) is 9.29. The van der Waals surface area contributed by atoms with E-state index < -0.39 is 15.4 Å². The lowest BCUT2D eigenvalue weighted by molar-refractivity contribution is -0.123. The summed E-state index contributed by atoms with van der Waals surface area (Å²) >= 11 is 0. The van der Waals surface area contributed by atoms with Crippen LogP contribution in [0.4, 0.5) is 0 Å². The van der Waals surface area contributed by atoms with E-state index in [9.17, 15) is 13.2 Å². The Balaban J connectivity index is 1.45. The standard InChI is InChI=1S/C21H23N3O3S/c1-14-19(17-4-2-3-5-18(17)24-14)21(11-12-21)20(25)23-13-10-15-6-8-16(9-7-15)28(22,26)27/h2-9,24H,10-13H2,1H3,(H,23,25)(H2,22,26,27). The molecule has 0 bridgehead atoms. The number of nitrogens with two attached hydrogens (primary N) is 1. The summed E-state index contributed by atoms with van der Waals surface area (Å²) in [6.45, 7) is 2.52. The van der Waals surface area contributed by atoms with Gasteiger partial charge in [-0.2, -0.15) is 0 Å². The highest BCUT2D eigenvalue weighted by molar-refractivity contribution is 7.89. The molecule has 0 aliphatic heterocycles. The zero-order chi connectivity index (χ0) is 19.9. The Morgan fingerprint density at radius 2 is 1.82 bits per heavy atom. The first-order valence-corrected chi connectivity index (χ1v) is 10.8. The molecule has 7 heteroatoms. The maximum atomic E-state index is 13.0.